The van der Waals surface area contributed by atoms with E-state index in [2.05, 4.69) is 0 Å². The van der Waals surface area contributed by atoms with Gasteiger partial charge in [0.15, 0.2) is 0 Å². The molecule has 0 saturated carbocycles. The fourth-order valence-electron chi connectivity index (χ4n) is 1.17. The summed E-state index contributed by atoms with van der Waals surface area (Å²) in [7, 11) is -3.50. The Kier molecular flexibility index (Phi) is 3.43. The largest absolute Gasteiger partial charge is 0.497 e. The van der Waals surface area contributed by atoms with Crippen LogP contribution in [0.5, 0.6) is 5.75 Å². The van der Waals surface area contributed by atoms with Gasteiger partial charge in [-0.2, -0.15) is 8.42 Å². The first-order chi connectivity index (χ1) is 7.33. The minimum absolute atomic E-state index is 0.226. The maximum Gasteiger partial charge on any atom is 0.306 e. The van der Waals surface area contributed by atoms with Gasteiger partial charge in [-0.05, 0) is 12.1 Å². The van der Waals surface area contributed by atoms with Crippen LogP contribution >= 0.6 is 0 Å². The van der Waals surface area contributed by atoms with Crippen molar-refractivity contribution in [3.8, 4) is 5.75 Å². The van der Waals surface area contributed by atoms with Gasteiger partial charge in [-0.15, -0.1) is 3.89 Å². The van der Waals surface area contributed by atoms with Crippen LogP contribution < -0.4 is 4.74 Å². The molecule has 0 aliphatic rings. The molecule has 0 spiro atoms. The van der Waals surface area contributed by atoms with Crippen LogP contribution in [0.4, 0.5) is 9.57 Å². The summed E-state index contributed by atoms with van der Waals surface area (Å²) in [6.45, 7) is 0. The Morgan fingerprint density at radius 3 is 2.56 bits per heavy atom. The number of nitrogens with zero attached hydrogens (tertiary/aromatic N) is 1. The summed E-state index contributed by atoms with van der Waals surface area (Å²) in [6, 6.07) is 3.49. The molecule has 1 rings (SSSR count). The van der Waals surface area contributed by atoms with Crippen LogP contribution in [0.3, 0.4) is 0 Å². The molecule has 0 amide bonds. The number of rotatable bonds is 4. The van der Waals surface area contributed by atoms with Crippen LogP contribution in [-0.2, 0) is 16.0 Å². The molecule has 0 saturated heterocycles. The third-order valence-corrected chi connectivity index (χ3v) is 2.47. The molecule has 0 aromatic heterocycles. The van der Waals surface area contributed by atoms with E-state index in [1.165, 1.54) is 13.2 Å². The first kappa shape index (κ1) is 12.4. The average Bonchev–Trinajstić information content (AvgIpc) is 2.14. The molecule has 88 valence electrons. The summed E-state index contributed by atoms with van der Waals surface area (Å²) < 4.78 is 38.1. The molecule has 0 aliphatic carbocycles. The summed E-state index contributed by atoms with van der Waals surface area (Å²) in [5.74, 6) is -0.815. The van der Waals surface area contributed by atoms with E-state index in [9.17, 15) is 22.4 Å². The summed E-state index contributed by atoms with van der Waals surface area (Å²) in [6.07, 6.45) is 0. The van der Waals surface area contributed by atoms with Crippen LogP contribution in [-0.4, -0.2) is 20.5 Å². The lowest BCUT2D eigenvalue weighted by Gasteiger charge is -2.03. The van der Waals surface area contributed by atoms with E-state index >= 15 is 0 Å². The maximum absolute atomic E-state index is 12.5. The first-order valence-corrected chi connectivity index (χ1v) is 5.62. The van der Waals surface area contributed by atoms with Crippen molar-refractivity contribution in [3.63, 3.8) is 0 Å². The second-order valence-electron chi connectivity index (χ2n) is 2.93. The van der Waals surface area contributed by atoms with Gasteiger partial charge in [0.05, 0.1) is 17.6 Å². The minimum atomic E-state index is -4.82. The number of hydrogen-bond donors (Lipinski definition) is 0. The standard InChI is InChI=1S/C8H8FNO5S/c1-15-7-2-3-8(10(11)12)6(4-7)5-16(9,13)14/h2-4H,5H2,1H3. The predicted molar refractivity (Wildman–Crippen MR) is 53.4 cm³/mol. The van der Waals surface area contributed by atoms with Crippen LogP contribution in [0.1, 0.15) is 5.56 Å². The fraction of sp³-hybridized carbons (Fsp3) is 0.250. The zero-order chi connectivity index (χ0) is 12.3. The van der Waals surface area contributed by atoms with Crippen molar-refractivity contribution in [2.75, 3.05) is 7.11 Å². The van der Waals surface area contributed by atoms with Crippen molar-refractivity contribution in [2.24, 2.45) is 0 Å². The van der Waals surface area contributed by atoms with Gasteiger partial charge in [-0.3, -0.25) is 10.1 Å². The second kappa shape index (κ2) is 4.44. The summed E-state index contributed by atoms with van der Waals surface area (Å²) in [4.78, 5) is 9.78. The van der Waals surface area contributed by atoms with E-state index in [1.807, 2.05) is 0 Å². The lowest BCUT2D eigenvalue weighted by atomic mass is 10.2. The fourth-order valence-corrected chi connectivity index (χ4v) is 1.77. The second-order valence-corrected chi connectivity index (χ2v) is 4.30. The first-order valence-electron chi connectivity index (χ1n) is 4.07. The van der Waals surface area contributed by atoms with Crippen molar-refractivity contribution in [3.05, 3.63) is 33.9 Å². The minimum Gasteiger partial charge on any atom is -0.497 e. The Morgan fingerprint density at radius 1 is 1.50 bits per heavy atom. The van der Waals surface area contributed by atoms with Gasteiger partial charge in [0.1, 0.15) is 11.5 Å². The van der Waals surface area contributed by atoms with Gasteiger partial charge in [-0.1, -0.05) is 0 Å². The molecule has 1 aromatic rings. The molecule has 6 nitrogen and oxygen atoms in total. The molecular formula is C8H8FNO5S. The van der Waals surface area contributed by atoms with Crippen molar-refractivity contribution < 1.29 is 22.0 Å². The molecule has 0 aliphatic heterocycles. The monoisotopic (exact) mass is 249 g/mol. The molecule has 1 aromatic carbocycles. The van der Waals surface area contributed by atoms with Gasteiger partial charge in [-0.25, -0.2) is 0 Å². The molecule has 0 unspecified atom stereocenters. The topological polar surface area (TPSA) is 86.5 Å². The number of hydrogen-bond acceptors (Lipinski definition) is 5. The maximum atomic E-state index is 12.5. The predicted octanol–water partition coefficient (Wildman–Crippen LogP) is 1.40. The highest BCUT2D eigenvalue weighted by Crippen LogP contribution is 2.25. The Hall–Kier alpha value is -1.70. The third kappa shape index (κ3) is 3.16. The molecule has 16 heavy (non-hydrogen) atoms. The summed E-state index contributed by atoms with van der Waals surface area (Å²) in [5, 5.41) is 10.6. The number of benzene rings is 1. The van der Waals surface area contributed by atoms with Crippen molar-refractivity contribution in [1.82, 2.24) is 0 Å². The molecule has 0 N–H and O–H groups in total. The molecule has 0 radical (unpaired) electrons. The van der Waals surface area contributed by atoms with Gasteiger partial charge < -0.3 is 4.74 Å². The quantitative estimate of drug-likeness (QED) is 0.457. The lowest BCUT2D eigenvalue weighted by Crippen LogP contribution is -2.01. The third-order valence-electron chi connectivity index (χ3n) is 1.81. The van der Waals surface area contributed by atoms with E-state index in [1.54, 1.807) is 0 Å². The molecule has 0 atom stereocenters. The van der Waals surface area contributed by atoms with Gasteiger partial charge in [0.25, 0.3) is 5.69 Å². The van der Waals surface area contributed by atoms with Crippen LogP contribution in [0.25, 0.3) is 0 Å². The van der Waals surface area contributed by atoms with Gasteiger partial charge in [0.2, 0.25) is 0 Å². The van der Waals surface area contributed by atoms with E-state index in [0.29, 0.717) is 0 Å². The highest BCUT2D eigenvalue weighted by molar-refractivity contribution is 7.85. The van der Waals surface area contributed by atoms with Crippen molar-refractivity contribution in [2.45, 2.75) is 5.75 Å². The van der Waals surface area contributed by atoms with E-state index in [-0.39, 0.29) is 11.3 Å². The smallest absolute Gasteiger partial charge is 0.306 e. The van der Waals surface area contributed by atoms with Gasteiger partial charge in [0, 0.05) is 6.07 Å². The molecule has 0 heterocycles. The van der Waals surface area contributed by atoms with Crippen LogP contribution in [0.2, 0.25) is 0 Å². The number of halogens is 1. The lowest BCUT2D eigenvalue weighted by molar-refractivity contribution is -0.385. The zero-order valence-corrected chi connectivity index (χ0v) is 9.03. The number of nitro benzene ring substituents is 1. The zero-order valence-electron chi connectivity index (χ0n) is 8.21. The van der Waals surface area contributed by atoms with Crippen LogP contribution in [0, 0.1) is 10.1 Å². The number of methoxy groups -OCH3 is 1. The SMILES string of the molecule is COc1ccc([N+](=O)[O-])c(CS(=O)(=O)F)c1. The molecular weight excluding hydrogens is 241 g/mol. The summed E-state index contributed by atoms with van der Waals surface area (Å²) in [5.41, 5.74) is -0.700. The number of nitro groups is 1. The normalized spacial score (nSPS) is 11.1. The Labute approximate surface area is 91.0 Å². The number of ether oxygens (including phenoxy) is 1. The molecule has 0 bridgehead atoms. The van der Waals surface area contributed by atoms with Crippen molar-refractivity contribution in [1.29, 1.82) is 0 Å². The Morgan fingerprint density at radius 2 is 2.12 bits per heavy atom. The summed E-state index contributed by atoms with van der Waals surface area (Å²) >= 11 is 0. The Balaban J connectivity index is 3.26. The van der Waals surface area contributed by atoms with Gasteiger partial charge >= 0.3 is 10.2 Å². The highest BCUT2D eigenvalue weighted by atomic mass is 32.3. The molecule has 0 fully saturated rings. The van der Waals surface area contributed by atoms with E-state index in [0.717, 1.165) is 12.1 Å². The average molecular weight is 249 g/mol. The highest BCUT2D eigenvalue weighted by Gasteiger charge is 2.20. The Bertz CT molecular complexity index is 513. The van der Waals surface area contributed by atoms with E-state index in [4.69, 9.17) is 4.74 Å². The molecule has 8 heteroatoms. The van der Waals surface area contributed by atoms with Crippen LogP contribution in [0.15, 0.2) is 18.2 Å². The van der Waals surface area contributed by atoms with E-state index < -0.39 is 26.6 Å². The van der Waals surface area contributed by atoms with Crippen molar-refractivity contribution >= 4 is 15.9 Å².